The molecular formula is C56H36N2. The summed E-state index contributed by atoms with van der Waals surface area (Å²) in [6.45, 7) is 0. The lowest BCUT2D eigenvalue weighted by atomic mass is 9.64. The maximum atomic E-state index is 5.27. The Kier molecular flexibility index (Phi) is 7.18. The molecule has 2 heterocycles. The molecule has 10 aromatic rings. The van der Waals surface area contributed by atoms with Crippen molar-refractivity contribution in [3.8, 4) is 44.6 Å². The molecule has 0 bridgehead atoms. The summed E-state index contributed by atoms with van der Waals surface area (Å²) >= 11 is 0. The number of hydrogen-bond acceptors (Lipinski definition) is 2. The van der Waals surface area contributed by atoms with Crippen LogP contribution in [-0.4, -0.2) is 4.98 Å². The molecule has 2 heteroatoms. The van der Waals surface area contributed by atoms with Crippen molar-refractivity contribution in [1.29, 1.82) is 0 Å². The second-order valence-electron chi connectivity index (χ2n) is 15.4. The second kappa shape index (κ2) is 12.7. The van der Waals surface area contributed by atoms with Gasteiger partial charge < -0.3 is 4.90 Å². The van der Waals surface area contributed by atoms with Gasteiger partial charge >= 0.3 is 0 Å². The van der Waals surface area contributed by atoms with Crippen LogP contribution in [0.4, 0.5) is 17.1 Å². The summed E-state index contributed by atoms with van der Waals surface area (Å²) in [5.74, 6) is 0. The van der Waals surface area contributed by atoms with Crippen LogP contribution < -0.4 is 4.90 Å². The van der Waals surface area contributed by atoms with E-state index in [1.54, 1.807) is 0 Å². The third-order valence-corrected chi connectivity index (χ3v) is 12.5. The zero-order valence-electron chi connectivity index (χ0n) is 31.7. The van der Waals surface area contributed by atoms with Gasteiger partial charge in [-0.15, -0.1) is 0 Å². The van der Waals surface area contributed by atoms with E-state index in [2.05, 4.69) is 223 Å². The maximum Gasteiger partial charge on any atom is 0.0754 e. The highest BCUT2D eigenvalue weighted by atomic mass is 15.2. The summed E-state index contributed by atoms with van der Waals surface area (Å²) in [5.41, 5.74) is 17.7. The van der Waals surface area contributed by atoms with Crippen LogP contribution >= 0.6 is 0 Å². The summed E-state index contributed by atoms with van der Waals surface area (Å²) in [5, 5.41) is 4.87. The summed E-state index contributed by atoms with van der Waals surface area (Å²) in [6.07, 6.45) is 2.07. The van der Waals surface area contributed by atoms with E-state index in [9.17, 15) is 0 Å². The molecule has 0 unspecified atom stereocenters. The number of anilines is 3. The minimum absolute atomic E-state index is 0.508. The first-order chi connectivity index (χ1) is 28.8. The number of hydrogen-bond donors (Lipinski definition) is 0. The van der Waals surface area contributed by atoms with E-state index in [1.807, 2.05) is 0 Å². The van der Waals surface area contributed by atoms with Crippen molar-refractivity contribution in [1.82, 2.24) is 4.98 Å². The Morgan fingerprint density at radius 1 is 0.345 bits per heavy atom. The van der Waals surface area contributed by atoms with Crippen LogP contribution in [0.1, 0.15) is 22.3 Å². The topological polar surface area (TPSA) is 16.1 Å². The normalized spacial score (nSPS) is 13.3. The Balaban J connectivity index is 1.04. The monoisotopic (exact) mass is 736 g/mol. The molecular weight excluding hydrogens is 701 g/mol. The number of rotatable bonds is 4. The lowest BCUT2D eigenvalue weighted by Gasteiger charge is -2.45. The summed E-state index contributed by atoms with van der Waals surface area (Å²) in [6, 6.07) is 77.6. The number of nitrogens with zero attached hydrogens (tertiary/aromatic N) is 2. The smallest absolute Gasteiger partial charge is 0.0754 e. The Labute approximate surface area is 338 Å². The summed E-state index contributed by atoms with van der Waals surface area (Å²) in [7, 11) is 0. The molecule has 0 atom stereocenters. The molecule has 1 aliphatic heterocycles. The lowest BCUT2D eigenvalue weighted by molar-refractivity contribution is 0.753. The van der Waals surface area contributed by atoms with Gasteiger partial charge in [-0.25, -0.2) is 0 Å². The molecule has 1 aliphatic carbocycles. The second-order valence-corrected chi connectivity index (χ2v) is 15.4. The predicted molar refractivity (Wildman–Crippen MR) is 241 cm³/mol. The van der Waals surface area contributed by atoms with Gasteiger partial charge in [0.25, 0.3) is 0 Å². The predicted octanol–water partition coefficient (Wildman–Crippen LogP) is 14.5. The molecule has 2 aliphatic rings. The Morgan fingerprint density at radius 2 is 0.845 bits per heavy atom. The van der Waals surface area contributed by atoms with Crippen molar-refractivity contribution in [3.05, 3.63) is 241 Å². The Hall–Kier alpha value is -7.55. The van der Waals surface area contributed by atoms with Gasteiger partial charge in [0.05, 0.1) is 22.5 Å². The fraction of sp³-hybridized carbons (Fsp3) is 0.0179. The summed E-state index contributed by atoms with van der Waals surface area (Å²) in [4.78, 5) is 7.71. The van der Waals surface area contributed by atoms with E-state index < -0.39 is 5.41 Å². The number of para-hydroxylation sites is 3. The van der Waals surface area contributed by atoms with Crippen LogP contribution in [0.2, 0.25) is 0 Å². The zero-order chi connectivity index (χ0) is 38.2. The van der Waals surface area contributed by atoms with Crippen LogP contribution in [0.3, 0.4) is 0 Å². The minimum atomic E-state index is -0.508. The standard InChI is InChI=1S/C56H36N2/c1-3-17-37(18-4-1)54-43-22-7-9-24-45(43)55(46-25-10-8-23-44(46)54)51-34-32-39(36-57-51)38-31-33-42-41-21-11-12-26-47(41)56(50(42)35-38)48-27-13-15-29-52(48)58(40-19-5-2-6-20-40)53-30-16-14-28-49(53)56/h1-36H. The average molecular weight is 737 g/mol. The highest BCUT2D eigenvalue weighted by Gasteiger charge is 2.51. The van der Waals surface area contributed by atoms with Crippen molar-refractivity contribution in [3.63, 3.8) is 0 Å². The highest BCUT2D eigenvalue weighted by Crippen LogP contribution is 2.63. The van der Waals surface area contributed by atoms with Crippen molar-refractivity contribution in [2.24, 2.45) is 0 Å². The number of aromatic nitrogens is 1. The van der Waals surface area contributed by atoms with Crippen LogP contribution in [0.25, 0.3) is 66.2 Å². The van der Waals surface area contributed by atoms with Gasteiger partial charge in [-0.05, 0) is 108 Å². The maximum absolute atomic E-state index is 5.27. The van der Waals surface area contributed by atoms with Crippen LogP contribution in [0.15, 0.2) is 219 Å². The molecule has 0 saturated carbocycles. The van der Waals surface area contributed by atoms with Crippen LogP contribution in [0, 0.1) is 0 Å². The molecule has 9 aromatic carbocycles. The minimum Gasteiger partial charge on any atom is -0.310 e. The van der Waals surface area contributed by atoms with Gasteiger partial charge in [-0.2, -0.15) is 0 Å². The summed E-state index contributed by atoms with van der Waals surface area (Å²) < 4.78 is 0. The molecule has 12 rings (SSSR count). The van der Waals surface area contributed by atoms with E-state index in [1.165, 1.54) is 83.0 Å². The van der Waals surface area contributed by atoms with Crippen LogP contribution in [-0.2, 0) is 5.41 Å². The molecule has 1 aromatic heterocycles. The SMILES string of the molecule is c1ccc(-c2c3ccccc3c(-c3ccc(-c4ccc5c(c4)C4(c6ccccc6-5)c5ccccc5N(c5ccccc5)c5ccccc54)cn3)c3ccccc23)cc1. The first-order valence-corrected chi connectivity index (χ1v) is 20.0. The average Bonchev–Trinajstić information content (AvgIpc) is 3.59. The fourth-order valence-electron chi connectivity index (χ4n) is 10.2. The number of fused-ring (bicyclic) bond motifs is 11. The molecule has 58 heavy (non-hydrogen) atoms. The molecule has 0 amide bonds. The third-order valence-electron chi connectivity index (χ3n) is 12.5. The molecule has 270 valence electrons. The number of benzene rings is 9. The van der Waals surface area contributed by atoms with E-state index in [0.29, 0.717) is 0 Å². The largest absolute Gasteiger partial charge is 0.310 e. The van der Waals surface area contributed by atoms with Crippen molar-refractivity contribution >= 4 is 38.6 Å². The van der Waals surface area contributed by atoms with Crippen LogP contribution in [0.5, 0.6) is 0 Å². The Morgan fingerprint density at radius 3 is 1.47 bits per heavy atom. The van der Waals surface area contributed by atoms with Gasteiger partial charge in [0.2, 0.25) is 0 Å². The van der Waals surface area contributed by atoms with E-state index in [4.69, 9.17) is 4.98 Å². The van der Waals surface area contributed by atoms with Crippen molar-refractivity contribution < 1.29 is 0 Å². The van der Waals surface area contributed by atoms with E-state index in [0.717, 1.165) is 22.5 Å². The molecule has 0 radical (unpaired) electrons. The Bertz CT molecular complexity index is 3120. The van der Waals surface area contributed by atoms with Crippen molar-refractivity contribution in [2.45, 2.75) is 5.41 Å². The van der Waals surface area contributed by atoms with Gasteiger partial charge in [-0.1, -0.05) is 176 Å². The first-order valence-electron chi connectivity index (χ1n) is 20.0. The fourth-order valence-corrected chi connectivity index (χ4v) is 10.2. The zero-order valence-corrected chi connectivity index (χ0v) is 31.7. The van der Waals surface area contributed by atoms with E-state index in [-0.39, 0.29) is 0 Å². The van der Waals surface area contributed by atoms with Gasteiger partial charge in [-0.3, -0.25) is 4.98 Å². The molecule has 2 nitrogen and oxygen atoms in total. The number of pyridine rings is 1. The molecule has 0 saturated heterocycles. The van der Waals surface area contributed by atoms with Gasteiger partial charge in [0.1, 0.15) is 0 Å². The van der Waals surface area contributed by atoms with Crippen molar-refractivity contribution in [2.75, 3.05) is 4.90 Å². The molecule has 0 N–H and O–H groups in total. The highest BCUT2D eigenvalue weighted by molar-refractivity contribution is 6.21. The molecule has 1 spiro atoms. The van der Waals surface area contributed by atoms with E-state index >= 15 is 0 Å². The molecule has 0 fully saturated rings. The quantitative estimate of drug-likeness (QED) is 0.167. The lowest BCUT2D eigenvalue weighted by Crippen LogP contribution is -2.36. The third kappa shape index (κ3) is 4.57. The first kappa shape index (κ1) is 32.7. The van der Waals surface area contributed by atoms with Gasteiger partial charge in [0.15, 0.2) is 0 Å². The van der Waals surface area contributed by atoms with Gasteiger partial charge in [0, 0.05) is 23.0 Å².